The van der Waals surface area contributed by atoms with Crippen molar-refractivity contribution in [2.75, 3.05) is 0 Å². The monoisotopic (exact) mass is 305 g/mol. The van der Waals surface area contributed by atoms with E-state index in [9.17, 15) is 14.4 Å². The van der Waals surface area contributed by atoms with Crippen LogP contribution in [0.2, 0.25) is 0 Å². The summed E-state index contributed by atoms with van der Waals surface area (Å²) in [5.74, 6) is -1.56. The van der Waals surface area contributed by atoms with Crippen molar-refractivity contribution in [3.8, 4) is 0 Å². The van der Waals surface area contributed by atoms with Crippen molar-refractivity contribution in [2.24, 2.45) is 0 Å². The molecule has 2 aromatic heterocycles. The molecule has 1 amide bonds. The highest BCUT2D eigenvalue weighted by Gasteiger charge is 2.11. The molecule has 0 aliphatic carbocycles. The standard InChI is InChI=1S/C13H11N3O4S/c17-10(18)4-3-8-2-1-5-14-11(8)12(19)15-6-9-7-21-13(20)16-9/h1-5,7H,6H2,(H,15,19)(H,16,20)(H,17,18)/b4-3+. The zero-order chi connectivity index (χ0) is 15.2. The van der Waals surface area contributed by atoms with E-state index in [1.54, 1.807) is 17.5 Å². The average molecular weight is 305 g/mol. The molecule has 0 fully saturated rings. The number of nitrogens with one attached hydrogen (secondary N) is 2. The van der Waals surface area contributed by atoms with E-state index in [0.717, 1.165) is 17.4 Å². The van der Waals surface area contributed by atoms with Gasteiger partial charge in [-0.3, -0.25) is 14.6 Å². The van der Waals surface area contributed by atoms with Gasteiger partial charge in [0.15, 0.2) is 0 Å². The molecular weight excluding hydrogens is 294 g/mol. The first kappa shape index (κ1) is 14.7. The van der Waals surface area contributed by atoms with E-state index < -0.39 is 11.9 Å². The zero-order valence-corrected chi connectivity index (χ0v) is 11.5. The van der Waals surface area contributed by atoms with Crippen LogP contribution in [0.3, 0.4) is 0 Å². The van der Waals surface area contributed by atoms with E-state index in [-0.39, 0.29) is 17.1 Å². The van der Waals surface area contributed by atoms with Gasteiger partial charge in [-0.1, -0.05) is 17.4 Å². The summed E-state index contributed by atoms with van der Waals surface area (Å²) in [6, 6.07) is 3.20. The lowest BCUT2D eigenvalue weighted by atomic mass is 10.1. The molecule has 0 unspecified atom stereocenters. The largest absolute Gasteiger partial charge is 0.478 e. The Morgan fingerprint density at radius 1 is 1.48 bits per heavy atom. The number of aliphatic carboxylic acids is 1. The van der Waals surface area contributed by atoms with Crippen molar-refractivity contribution in [1.82, 2.24) is 15.3 Å². The molecule has 0 spiro atoms. The molecule has 0 saturated heterocycles. The lowest BCUT2D eigenvalue weighted by Crippen LogP contribution is -2.25. The second-order valence-corrected chi connectivity index (χ2v) is 4.81. The highest BCUT2D eigenvalue weighted by molar-refractivity contribution is 7.07. The smallest absolute Gasteiger partial charge is 0.328 e. The highest BCUT2D eigenvalue weighted by Crippen LogP contribution is 2.08. The number of amides is 1. The molecular formula is C13H11N3O4S. The van der Waals surface area contributed by atoms with Gasteiger partial charge in [-0.25, -0.2) is 4.79 Å². The van der Waals surface area contributed by atoms with Crippen molar-refractivity contribution in [2.45, 2.75) is 6.54 Å². The maximum Gasteiger partial charge on any atom is 0.328 e. The van der Waals surface area contributed by atoms with Crippen molar-refractivity contribution < 1.29 is 14.7 Å². The number of carbonyl (C=O) groups excluding carboxylic acids is 1. The van der Waals surface area contributed by atoms with Gasteiger partial charge in [-0.15, -0.1) is 0 Å². The van der Waals surface area contributed by atoms with E-state index in [1.807, 2.05) is 0 Å². The van der Waals surface area contributed by atoms with Crippen LogP contribution in [-0.2, 0) is 11.3 Å². The van der Waals surface area contributed by atoms with Crippen LogP contribution in [0.1, 0.15) is 21.7 Å². The van der Waals surface area contributed by atoms with E-state index in [1.165, 1.54) is 12.3 Å². The second-order valence-electron chi connectivity index (χ2n) is 3.97. The lowest BCUT2D eigenvalue weighted by Gasteiger charge is -2.05. The van der Waals surface area contributed by atoms with Gasteiger partial charge in [-0.05, 0) is 12.1 Å². The van der Waals surface area contributed by atoms with Crippen molar-refractivity contribution >= 4 is 29.3 Å². The van der Waals surface area contributed by atoms with E-state index in [0.29, 0.717) is 11.3 Å². The van der Waals surface area contributed by atoms with Gasteiger partial charge >= 0.3 is 10.8 Å². The molecule has 0 aliphatic rings. The number of hydrogen-bond acceptors (Lipinski definition) is 5. The Bertz CT molecular complexity index is 748. The number of carboxylic acids is 1. The molecule has 0 saturated carbocycles. The number of rotatable bonds is 5. The minimum absolute atomic E-state index is 0.118. The maximum absolute atomic E-state index is 12.0. The third-order valence-corrected chi connectivity index (χ3v) is 3.19. The van der Waals surface area contributed by atoms with Crippen LogP contribution >= 0.6 is 11.3 Å². The Balaban J connectivity index is 2.11. The molecule has 2 aromatic rings. The van der Waals surface area contributed by atoms with Crippen LogP contribution in [0.25, 0.3) is 6.08 Å². The number of aromatic nitrogens is 2. The molecule has 108 valence electrons. The maximum atomic E-state index is 12.0. The van der Waals surface area contributed by atoms with Crippen LogP contribution < -0.4 is 10.2 Å². The number of carbonyl (C=O) groups is 2. The van der Waals surface area contributed by atoms with Crippen LogP contribution in [0.5, 0.6) is 0 Å². The van der Waals surface area contributed by atoms with Crippen LogP contribution in [0, 0.1) is 0 Å². The van der Waals surface area contributed by atoms with E-state index in [4.69, 9.17) is 5.11 Å². The number of pyridine rings is 1. The molecule has 2 heterocycles. The van der Waals surface area contributed by atoms with Gasteiger partial charge in [0.25, 0.3) is 5.91 Å². The third-order valence-electron chi connectivity index (χ3n) is 2.47. The van der Waals surface area contributed by atoms with Gasteiger partial charge in [0.2, 0.25) is 0 Å². The van der Waals surface area contributed by atoms with Gasteiger partial charge in [0.1, 0.15) is 5.69 Å². The Morgan fingerprint density at radius 2 is 2.29 bits per heavy atom. The quantitative estimate of drug-likeness (QED) is 0.709. The number of nitrogens with zero attached hydrogens (tertiary/aromatic N) is 1. The zero-order valence-electron chi connectivity index (χ0n) is 10.7. The molecule has 0 atom stereocenters. The number of aromatic amines is 1. The molecule has 21 heavy (non-hydrogen) atoms. The molecule has 0 radical (unpaired) electrons. The third kappa shape index (κ3) is 4.11. The summed E-state index contributed by atoms with van der Waals surface area (Å²) in [5, 5.41) is 12.8. The molecule has 0 bridgehead atoms. The second kappa shape index (κ2) is 6.62. The predicted octanol–water partition coefficient (Wildman–Crippen LogP) is 0.859. The Hall–Kier alpha value is -2.74. The summed E-state index contributed by atoms with van der Waals surface area (Å²) in [4.78, 5) is 39.9. The molecule has 2 rings (SSSR count). The van der Waals surface area contributed by atoms with Gasteiger partial charge < -0.3 is 15.4 Å². The van der Waals surface area contributed by atoms with E-state index in [2.05, 4.69) is 15.3 Å². The first-order valence-electron chi connectivity index (χ1n) is 5.87. The lowest BCUT2D eigenvalue weighted by molar-refractivity contribution is -0.131. The summed E-state index contributed by atoms with van der Waals surface area (Å²) < 4.78 is 0. The van der Waals surface area contributed by atoms with Crippen LogP contribution in [0.15, 0.2) is 34.6 Å². The summed E-state index contributed by atoms with van der Waals surface area (Å²) >= 11 is 1.01. The fourth-order valence-corrected chi connectivity index (χ4v) is 2.14. The van der Waals surface area contributed by atoms with Gasteiger partial charge in [0, 0.05) is 28.9 Å². The van der Waals surface area contributed by atoms with Gasteiger partial charge in [0.05, 0.1) is 6.54 Å². The number of H-pyrrole nitrogens is 1. The topological polar surface area (TPSA) is 112 Å². The summed E-state index contributed by atoms with van der Waals surface area (Å²) in [5.41, 5.74) is 1.11. The Labute approximate surface area is 123 Å². The highest BCUT2D eigenvalue weighted by atomic mass is 32.1. The fraction of sp³-hybridized carbons (Fsp3) is 0.0769. The molecule has 0 aromatic carbocycles. The SMILES string of the molecule is O=C(O)/C=C/c1cccnc1C(=O)NCc1csc(=O)[nH]1. The van der Waals surface area contributed by atoms with Crippen LogP contribution in [0.4, 0.5) is 0 Å². The first-order chi connectivity index (χ1) is 10.1. The van der Waals surface area contributed by atoms with Crippen molar-refractivity contribution in [1.29, 1.82) is 0 Å². The number of carboxylic acid groups (broad SMARTS) is 1. The fourth-order valence-electron chi connectivity index (χ4n) is 1.56. The molecule has 7 nitrogen and oxygen atoms in total. The normalized spacial score (nSPS) is 10.7. The van der Waals surface area contributed by atoms with Crippen molar-refractivity contribution in [3.05, 3.63) is 56.4 Å². The predicted molar refractivity (Wildman–Crippen MR) is 77.0 cm³/mol. The Morgan fingerprint density at radius 3 is 2.95 bits per heavy atom. The number of thiazole rings is 1. The van der Waals surface area contributed by atoms with E-state index >= 15 is 0 Å². The summed E-state index contributed by atoms with van der Waals surface area (Å²) in [7, 11) is 0. The number of hydrogen-bond donors (Lipinski definition) is 3. The minimum Gasteiger partial charge on any atom is -0.478 e. The molecule has 0 aliphatic heterocycles. The molecule has 3 N–H and O–H groups in total. The average Bonchev–Trinajstić information content (AvgIpc) is 2.88. The minimum atomic E-state index is -1.11. The van der Waals surface area contributed by atoms with Crippen LogP contribution in [-0.4, -0.2) is 27.0 Å². The summed E-state index contributed by atoms with van der Waals surface area (Å²) in [6.07, 6.45) is 3.68. The Kier molecular flexibility index (Phi) is 4.62. The first-order valence-corrected chi connectivity index (χ1v) is 6.75. The summed E-state index contributed by atoms with van der Waals surface area (Å²) in [6.45, 7) is 0.163. The molecule has 8 heteroatoms. The van der Waals surface area contributed by atoms with Gasteiger partial charge in [-0.2, -0.15) is 0 Å². The van der Waals surface area contributed by atoms with Crippen molar-refractivity contribution in [3.63, 3.8) is 0 Å².